The van der Waals surface area contributed by atoms with Gasteiger partial charge in [0.15, 0.2) is 0 Å². The fourth-order valence-corrected chi connectivity index (χ4v) is 2.49. The van der Waals surface area contributed by atoms with Crippen LogP contribution in [-0.2, 0) is 14.8 Å². The summed E-state index contributed by atoms with van der Waals surface area (Å²) in [7, 11) is -3.43. The SMILES string of the molecule is CC1(C(=O)NCCCS(N)(=O)=O)CCCNC1. The summed E-state index contributed by atoms with van der Waals surface area (Å²) < 4.78 is 21.4. The molecule has 17 heavy (non-hydrogen) atoms. The maximum atomic E-state index is 11.9. The molecule has 0 spiro atoms. The van der Waals surface area contributed by atoms with Crippen molar-refractivity contribution < 1.29 is 13.2 Å². The third-order valence-electron chi connectivity index (χ3n) is 3.04. The van der Waals surface area contributed by atoms with Crippen LogP contribution in [0.1, 0.15) is 26.2 Å². The number of primary sulfonamides is 1. The summed E-state index contributed by atoms with van der Waals surface area (Å²) in [5, 5.41) is 10.8. The van der Waals surface area contributed by atoms with E-state index < -0.39 is 10.0 Å². The van der Waals surface area contributed by atoms with Gasteiger partial charge in [0.25, 0.3) is 0 Å². The van der Waals surface area contributed by atoms with Gasteiger partial charge in [0.05, 0.1) is 11.2 Å². The minimum absolute atomic E-state index is 0.0147. The maximum absolute atomic E-state index is 11.9. The summed E-state index contributed by atoms with van der Waals surface area (Å²) in [6.45, 7) is 3.90. The van der Waals surface area contributed by atoms with E-state index in [0.29, 0.717) is 19.5 Å². The van der Waals surface area contributed by atoms with Crippen molar-refractivity contribution in [2.75, 3.05) is 25.4 Å². The molecule has 1 rings (SSSR count). The van der Waals surface area contributed by atoms with E-state index in [1.165, 1.54) is 0 Å². The molecule has 0 bridgehead atoms. The van der Waals surface area contributed by atoms with Gasteiger partial charge in [0.2, 0.25) is 15.9 Å². The molecule has 0 radical (unpaired) electrons. The fraction of sp³-hybridized carbons (Fsp3) is 0.900. The van der Waals surface area contributed by atoms with E-state index >= 15 is 0 Å². The third-order valence-corrected chi connectivity index (χ3v) is 3.89. The fourth-order valence-electron chi connectivity index (χ4n) is 1.94. The Kier molecular flexibility index (Phi) is 4.91. The minimum Gasteiger partial charge on any atom is -0.356 e. The van der Waals surface area contributed by atoms with Gasteiger partial charge in [0, 0.05) is 13.1 Å². The van der Waals surface area contributed by atoms with Gasteiger partial charge in [-0.15, -0.1) is 0 Å². The Morgan fingerprint density at radius 2 is 2.24 bits per heavy atom. The Hall–Kier alpha value is -0.660. The Bertz CT molecular complexity index is 361. The molecular formula is C10H21N3O3S. The highest BCUT2D eigenvalue weighted by Crippen LogP contribution is 2.25. The van der Waals surface area contributed by atoms with Gasteiger partial charge in [-0.3, -0.25) is 4.79 Å². The first-order chi connectivity index (χ1) is 7.83. The first-order valence-electron chi connectivity index (χ1n) is 5.83. The zero-order valence-electron chi connectivity index (χ0n) is 10.2. The lowest BCUT2D eigenvalue weighted by atomic mass is 9.82. The molecule has 1 atom stereocenters. The number of rotatable bonds is 5. The van der Waals surface area contributed by atoms with Gasteiger partial charge < -0.3 is 10.6 Å². The monoisotopic (exact) mass is 263 g/mol. The Balaban J connectivity index is 2.29. The van der Waals surface area contributed by atoms with Crippen molar-refractivity contribution in [2.24, 2.45) is 10.6 Å². The molecule has 1 unspecified atom stereocenters. The van der Waals surface area contributed by atoms with E-state index in [9.17, 15) is 13.2 Å². The van der Waals surface area contributed by atoms with Gasteiger partial charge in [-0.25, -0.2) is 13.6 Å². The number of hydrogen-bond donors (Lipinski definition) is 3. The molecule has 6 nitrogen and oxygen atoms in total. The predicted octanol–water partition coefficient (Wildman–Crippen LogP) is -0.829. The molecule has 0 aromatic carbocycles. The second-order valence-corrected chi connectivity index (χ2v) is 6.55. The number of amides is 1. The average molecular weight is 263 g/mol. The van der Waals surface area contributed by atoms with Crippen molar-refractivity contribution in [1.29, 1.82) is 0 Å². The highest BCUT2D eigenvalue weighted by molar-refractivity contribution is 7.89. The molecule has 4 N–H and O–H groups in total. The van der Waals surface area contributed by atoms with Crippen molar-refractivity contribution in [3.05, 3.63) is 0 Å². The number of nitrogens with two attached hydrogens (primary N) is 1. The van der Waals surface area contributed by atoms with Crippen LogP contribution < -0.4 is 15.8 Å². The lowest BCUT2D eigenvalue weighted by Gasteiger charge is -2.32. The van der Waals surface area contributed by atoms with E-state index in [2.05, 4.69) is 10.6 Å². The highest BCUT2D eigenvalue weighted by Gasteiger charge is 2.34. The molecule has 1 aliphatic heterocycles. The molecule has 1 saturated heterocycles. The van der Waals surface area contributed by atoms with Crippen LogP contribution in [-0.4, -0.2) is 39.7 Å². The first kappa shape index (κ1) is 14.4. The zero-order chi connectivity index (χ0) is 12.9. The number of nitrogens with one attached hydrogen (secondary N) is 2. The number of carbonyl (C=O) groups is 1. The van der Waals surface area contributed by atoms with Crippen LogP contribution in [0.4, 0.5) is 0 Å². The second-order valence-electron chi connectivity index (χ2n) is 4.82. The summed E-state index contributed by atoms with van der Waals surface area (Å²) in [6.07, 6.45) is 2.20. The van der Waals surface area contributed by atoms with Crippen LogP contribution in [0, 0.1) is 5.41 Å². The zero-order valence-corrected chi connectivity index (χ0v) is 11.0. The summed E-state index contributed by atoms with van der Waals surface area (Å²) in [5.74, 6) is -0.110. The summed E-state index contributed by atoms with van der Waals surface area (Å²) in [4.78, 5) is 11.9. The Morgan fingerprint density at radius 3 is 2.76 bits per heavy atom. The Morgan fingerprint density at radius 1 is 1.53 bits per heavy atom. The lowest BCUT2D eigenvalue weighted by Crippen LogP contribution is -2.48. The molecule has 1 fully saturated rings. The van der Waals surface area contributed by atoms with Gasteiger partial charge in [-0.05, 0) is 32.7 Å². The van der Waals surface area contributed by atoms with Crippen LogP contribution in [0.3, 0.4) is 0 Å². The van der Waals surface area contributed by atoms with Crippen LogP contribution in [0.5, 0.6) is 0 Å². The molecule has 7 heteroatoms. The van der Waals surface area contributed by atoms with Gasteiger partial charge in [-0.1, -0.05) is 0 Å². The van der Waals surface area contributed by atoms with Crippen LogP contribution >= 0.6 is 0 Å². The molecule has 0 aromatic rings. The average Bonchev–Trinajstić information content (AvgIpc) is 2.24. The summed E-state index contributed by atoms with van der Waals surface area (Å²) in [6, 6.07) is 0. The van der Waals surface area contributed by atoms with Crippen molar-refractivity contribution in [1.82, 2.24) is 10.6 Å². The van der Waals surface area contributed by atoms with Gasteiger partial charge >= 0.3 is 0 Å². The number of hydrogen-bond acceptors (Lipinski definition) is 4. The van der Waals surface area contributed by atoms with Crippen molar-refractivity contribution in [3.8, 4) is 0 Å². The van der Waals surface area contributed by atoms with Crippen molar-refractivity contribution in [2.45, 2.75) is 26.2 Å². The smallest absolute Gasteiger partial charge is 0.227 e. The second kappa shape index (κ2) is 5.79. The predicted molar refractivity (Wildman–Crippen MR) is 65.8 cm³/mol. The van der Waals surface area contributed by atoms with Crippen LogP contribution in [0.2, 0.25) is 0 Å². The lowest BCUT2D eigenvalue weighted by molar-refractivity contribution is -0.131. The van der Waals surface area contributed by atoms with Crippen LogP contribution in [0.15, 0.2) is 0 Å². The van der Waals surface area contributed by atoms with E-state index in [-0.39, 0.29) is 17.1 Å². The molecule has 0 aliphatic carbocycles. The van der Waals surface area contributed by atoms with E-state index in [1.54, 1.807) is 0 Å². The standard InChI is InChI=1S/C10H21N3O3S/c1-10(4-2-5-12-8-10)9(14)13-6-3-7-17(11,15)16/h12H,2-8H2,1H3,(H,13,14)(H2,11,15,16). The number of carbonyl (C=O) groups excluding carboxylic acids is 1. The normalized spacial score (nSPS) is 25.5. The molecule has 0 saturated carbocycles. The summed E-state index contributed by atoms with van der Waals surface area (Å²) >= 11 is 0. The molecule has 0 aromatic heterocycles. The van der Waals surface area contributed by atoms with E-state index in [0.717, 1.165) is 19.4 Å². The topological polar surface area (TPSA) is 101 Å². The third kappa shape index (κ3) is 5.01. The molecule has 100 valence electrons. The molecule has 1 heterocycles. The van der Waals surface area contributed by atoms with Crippen molar-refractivity contribution >= 4 is 15.9 Å². The maximum Gasteiger partial charge on any atom is 0.227 e. The summed E-state index contributed by atoms with van der Waals surface area (Å²) in [5.41, 5.74) is -0.375. The van der Waals surface area contributed by atoms with Crippen LogP contribution in [0.25, 0.3) is 0 Å². The largest absolute Gasteiger partial charge is 0.356 e. The minimum atomic E-state index is -3.43. The molecule has 1 amide bonds. The molecule has 1 aliphatic rings. The molecular weight excluding hydrogens is 242 g/mol. The van der Waals surface area contributed by atoms with Crippen molar-refractivity contribution in [3.63, 3.8) is 0 Å². The number of sulfonamides is 1. The Labute approximate surface area is 102 Å². The van der Waals surface area contributed by atoms with Gasteiger partial charge in [-0.2, -0.15) is 0 Å². The quantitative estimate of drug-likeness (QED) is 0.563. The van der Waals surface area contributed by atoms with Gasteiger partial charge in [0.1, 0.15) is 0 Å². The first-order valence-corrected chi connectivity index (χ1v) is 7.55. The number of piperidine rings is 1. The van der Waals surface area contributed by atoms with E-state index in [4.69, 9.17) is 5.14 Å². The highest BCUT2D eigenvalue weighted by atomic mass is 32.2. The van der Waals surface area contributed by atoms with E-state index in [1.807, 2.05) is 6.92 Å².